The van der Waals surface area contributed by atoms with Crippen LogP contribution in [0.25, 0.3) is 11.8 Å². The molecule has 5 rings (SSSR count). The lowest BCUT2D eigenvalue weighted by Gasteiger charge is -2.37. The number of aromatic amines is 1. The Labute approximate surface area is 204 Å². The first-order valence-corrected chi connectivity index (χ1v) is 12.4. The molecule has 0 saturated heterocycles. The van der Waals surface area contributed by atoms with E-state index in [2.05, 4.69) is 35.3 Å². The number of halogens is 1. The lowest BCUT2D eigenvalue weighted by atomic mass is 9.68. The van der Waals surface area contributed by atoms with Crippen molar-refractivity contribution >= 4 is 12.0 Å². The Morgan fingerprint density at radius 2 is 2.09 bits per heavy atom. The standard InChI is InChI=1S/C28H31FN4O2/c1-3-4-23(32-27(35)18-5-12-26(34)30-16-18)13-20-6-7-21-14-25-19(15-28(20,21)2)17-31-33(25)24-10-8-22(29)9-11-24/h5,8-12,14,16-17,20,23H,3-4,6-7,13,15H2,1-2H3,(H,30,34)(H,32,35). The van der Waals surface area contributed by atoms with Crippen LogP contribution in [0.4, 0.5) is 4.39 Å². The maximum Gasteiger partial charge on any atom is 0.252 e. The van der Waals surface area contributed by atoms with Gasteiger partial charge in [0, 0.05) is 18.3 Å². The molecule has 6 nitrogen and oxygen atoms in total. The smallest absolute Gasteiger partial charge is 0.252 e. The fraction of sp³-hybridized carbons (Fsp3) is 0.393. The van der Waals surface area contributed by atoms with Crippen LogP contribution in [0.1, 0.15) is 67.6 Å². The Hall–Kier alpha value is -3.48. The largest absolute Gasteiger partial charge is 0.349 e. The summed E-state index contributed by atoms with van der Waals surface area (Å²) in [6, 6.07) is 9.46. The number of aromatic nitrogens is 3. The number of carbonyl (C=O) groups is 1. The fourth-order valence-electron chi connectivity index (χ4n) is 5.86. The molecule has 1 amide bonds. The van der Waals surface area contributed by atoms with Crippen molar-refractivity contribution in [3.05, 3.63) is 87.4 Å². The lowest BCUT2D eigenvalue weighted by Crippen LogP contribution is -2.39. The number of H-pyrrole nitrogens is 1. The van der Waals surface area contributed by atoms with E-state index >= 15 is 0 Å². The molecule has 1 aromatic carbocycles. The van der Waals surface area contributed by atoms with Gasteiger partial charge in [-0.3, -0.25) is 9.59 Å². The van der Waals surface area contributed by atoms with E-state index in [1.807, 2.05) is 10.9 Å². The monoisotopic (exact) mass is 474 g/mol. The van der Waals surface area contributed by atoms with Gasteiger partial charge in [0.2, 0.25) is 5.56 Å². The van der Waals surface area contributed by atoms with Crippen LogP contribution in [0, 0.1) is 17.2 Å². The summed E-state index contributed by atoms with van der Waals surface area (Å²) in [5.41, 5.74) is 4.86. The third-order valence-corrected chi connectivity index (χ3v) is 7.81. The number of amides is 1. The molecule has 0 spiro atoms. The van der Waals surface area contributed by atoms with Crippen LogP contribution in [0.3, 0.4) is 0 Å². The summed E-state index contributed by atoms with van der Waals surface area (Å²) in [7, 11) is 0. The number of benzene rings is 1. The zero-order chi connectivity index (χ0) is 24.6. The van der Waals surface area contributed by atoms with Crippen LogP contribution in [0.5, 0.6) is 0 Å². The molecule has 0 aliphatic heterocycles. The lowest BCUT2D eigenvalue weighted by molar-refractivity contribution is 0.0920. The number of nitrogens with zero attached hydrogens (tertiary/aromatic N) is 2. The highest BCUT2D eigenvalue weighted by molar-refractivity contribution is 5.94. The highest BCUT2D eigenvalue weighted by Crippen LogP contribution is 2.54. The molecule has 2 N–H and O–H groups in total. The molecule has 182 valence electrons. The maximum atomic E-state index is 13.4. The minimum atomic E-state index is -0.256. The van der Waals surface area contributed by atoms with Gasteiger partial charge in [0.15, 0.2) is 0 Å². The normalized spacial score (nSPS) is 21.7. The summed E-state index contributed by atoms with van der Waals surface area (Å²) < 4.78 is 15.3. The predicted octanol–water partition coefficient (Wildman–Crippen LogP) is 5.04. The topological polar surface area (TPSA) is 79.8 Å². The van der Waals surface area contributed by atoms with E-state index in [0.29, 0.717) is 11.5 Å². The van der Waals surface area contributed by atoms with Crippen molar-refractivity contribution in [3.63, 3.8) is 0 Å². The van der Waals surface area contributed by atoms with Crippen LogP contribution < -0.4 is 10.9 Å². The van der Waals surface area contributed by atoms with E-state index in [0.717, 1.165) is 49.9 Å². The number of nitrogens with one attached hydrogen (secondary N) is 2. The number of hydrogen-bond donors (Lipinski definition) is 2. The zero-order valence-electron chi connectivity index (χ0n) is 20.2. The first-order valence-electron chi connectivity index (χ1n) is 12.4. The van der Waals surface area contributed by atoms with E-state index in [9.17, 15) is 14.0 Å². The molecule has 3 unspecified atom stereocenters. The Balaban J connectivity index is 1.34. The quantitative estimate of drug-likeness (QED) is 0.503. The number of carbonyl (C=O) groups excluding carboxylic acids is 1. The minimum absolute atomic E-state index is 0.0262. The summed E-state index contributed by atoms with van der Waals surface area (Å²) in [4.78, 5) is 26.7. The molecule has 1 saturated carbocycles. The van der Waals surface area contributed by atoms with Gasteiger partial charge in [-0.15, -0.1) is 0 Å². The third kappa shape index (κ3) is 4.47. The van der Waals surface area contributed by atoms with E-state index in [-0.39, 0.29) is 28.7 Å². The SMILES string of the molecule is CCCC(CC1CCC2=Cc3c(cnn3-c3ccc(F)cc3)CC21C)NC(=O)c1ccc(=O)[nH]c1. The Morgan fingerprint density at radius 3 is 2.80 bits per heavy atom. The molecule has 1 fully saturated rings. The Kier molecular flexibility index (Phi) is 6.17. The molecule has 0 radical (unpaired) electrons. The molecule has 2 heterocycles. The van der Waals surface area contributed by atoms with Crippen molar-refractivity contribution in [2.24, 2.45) is 11.3 Å². The third-order valence-electron chi connectivity index (χ3n) is 7.81. The summed E-state index contributed by atoms with van der Waals surface area (Å²) in [6.45, 7) is 4.49. The molecule has 3 atom stereocenters. The van der Waals surface area contributed by atoms with E-state index in [1.165, 1.54) is 35.5 Å². The van der Waals surface area contributed by atoms with E-state index < -0.39 is 0 Å². The van der Waals surface area contributed by atoms with Crippen LogP contribution in [0.15, 0.2) is 59.2 Å². The summed E-state index contributed by atoms with van der Waals surface area (Å²) in [6.07, 6.45) is 11.5. The second-order valence-electron chi connectivity index (χ2n) is 10.1. The van der Waals surface area contributed by atoms with Gasteiger partial charge in [-0.25, -0.2) is 9.07 Å². The van der Waals surface area contributed by atoms with Crippen molar-refractivity contribution < 1.29 is 9.18 Å². The average molecular weight is 475 g/mol. The molecule has 35 heavy (non-hydrogen) atoms. The van der Waals surface area contributed by atoms with Gasteiger partial charge in [-0.2, -0.15) is 5.10 Å². The zero-order valence-corrected chi connectivity index (χ0v) is 20.2. The molecule has 3 aromatic rings. The van der Waals surface area contributed by atoms with E-state index in [4.69, 9.17) is 0 Å². The Bertz CT molecular complexity index is 1300. The molecule has 0 bridgehead atoms. The van der Waals surface area contributed by atoms with Gasteiger partial charge in [0.1, 0.15) is 5.82 Å². The second-order valence-corrected chi connectivity index (χ2v) is 10.1. The van der Waals surface area contributed by atoms with Crippen molar-refractivity contribution in [1.29, 1.82) is 0 Å². The number of hydrogen-bond acceptors (Lipinski definition) is 3. The van der Waals surface area contributed by atoms with Crippen LogP contribution in [-0.4, -0.2) is 26.7 Å². The first kappa shape index (κ1) is 23.3. The maximum absolute atomic E-state index is 13.4. The van der Waals surface area contributed by atoms with Gasteiger partial charge >= 0.3 is 0 Å². The number of allylic oxidation sites excluding steroid dienone is 1. The van der Waals surface area contributed by atoms with Crippen molar-refractivity contribution in [2.45, 2.75) is 58.4 Å². The summed E-state index contributed by atoms with van der Waals surface area (Å²) in [5, 5.41) is 7.83. The highest BCUT2D eigenvalue weighted by Gasteiger charge is 2.46. The Morgan fingerprint density at radius 1 is 1.29 bits per heavy atom. The predicted molar refractivity (Wildman–Crippen MR) is 134 cm³/mol. The van der Waals surface area contributed by atoms with Crippen molar-refractivity contribution in [2.75, 3.05) is 0 Å². The molecule has 2 aromatic heterocycles. The van der Waals surface area contributed by atoms with Gasteiger partial charge in [0.25, 0.3) is 5.91 Å². The summed E-state index contributed by atoms with van der Waals surface area (Å²) in [5.74, 6) is 0.0437. The van der Waals surface area contributed by atoms with Gasteiger partial charge in [-0.1, -0.05) is 25.8 Å². The number of rotatable bonds is 7. The molecule has 2 aliphatic carbocycles. The minimum Gasteiger partial charge on any atom is -0.349 e. The first-order chi connectivity index (χ1) is 16.9. The van der Waals surface area contributed by atoms with E-state index in [1.54, 1.807) is 18.2 Å². The average Bonchev–Trinajstić information content (AvgIpc) is 3.38. The van der Waals surface area contributed by atoms with Crippen LogP contribution in [0.2, 0.25) is 0 Å². The van der Waals surface area contributed by atoms with Gasteiger partial charge in [-0.05, 0) is 85.4 Å². The molecular formula is C28H31FN4O2. The van der Waals surface area contributed by atoms with Gasteiger partial charge < -0.3 is 10.3 Å². The van der Waals surface area contributed by atoms with Crippen LogP contribution in [-0.2, 0) is 6.42 Å². The van der Waals surface area contributed by atoms with Crippen molar-refractivity contribution in [3.8, 4) is 5.69 Å². The highest BCUT2D eigenvalue weighted by atomic mass is 19.1. The molecule has 7 heteroatoms. The fourth-order valence-corrected chi connectivity index (χ4v) is 5.86. The van der Waals surface area contributed by atoms with Crippen LogP contribution >= 0.6 is 0 Å². The molecular weight excluding hydrogens is 443 g/mol. The molecule has 2 aliphatic rings. The summed E-state index contributed by atoms with van der Waals surface area (Å²) >= 11 is 0. The van der Waals surface area contributed by atoms with Crippen molar-refractivity contribution in [1.82, 2.24) is 20.1 Å². The second kappa shape index (κ2) is 9.29. The number of fused-ring (bicyclic) bond motifs is 2. The van der Waals surface area contributed by atoms with Gasteiger partial charge in [0.05, 0.1) is 23.1 Å². The number of pyridine rings is 1.